The molecule has 20 heavy (non-hydrogen) atoms. The summed E-state index contributed by atoms with van der Waals surface area (Å²) in [6.45, 7) is 4.93. The maximum Gasteiger partial charge on any atom is 0.232 e. The number of rotatable bonds is 5. The van der Waals surface area contributed by atoms with Gasteiger partial charge >= 0.3 is 0 Å². The van der Waals surface area contributed by atoms with E-state index in [2.05, 4.69) is 10.0 Å². The van der Waals surface area contributed by atoms with E-state index >= 15 is 0 Å². The molecule has 0 aliphatic carbocycles. The van der Waals surface area contributed by atoms with Crippen LogP contribution < -0.4 is 10.0 Å². The van der Waals surface area contributed by atoms with Crippen LogP contribution in [-0.2, 0) is 10.0 Å². The molecule has 1 aromatic carbocycles. The summed E-state index contributed by atoms with van der Waals surface area (Å²) in [7, 11) is -3.26. The summed E-state index contributed by atoms with van der Waals surface area (Å²) < 4.78 is 27.0. The molecule has 1 heterocycles. The van der Waals surface area contributed by atoms with Crippen molar-refractivity contribution in [3.63, 3.8) is 0 Å². The summed E-state index contributed by atoms with van der Waals surface area (Å²) >= 11 is 0. The normalized spacial score (nSPS) is 19.8. The number of aryl methyl sites for hydroxylation is 1. The molecular weight excluding hydrogens is 272 g/mol. The van der Waals surface area contributed by atoms with Gasteiger partial charge in [-0.3, -0.25) is 4.72 Å². The molecular formula is C15H24N2O2S. The molecule has 112 valence electrons. The summed E-state index contributed by atoms with van der Waals surface area (Å²) in [5.74, 6) is 0.179. The van der Waals surface area contributed by atoms with E-state index in [1.807, 2.05) is 32.0 Å². The van der Waals surface area contributed by atoms with E-state index in [1.54, 1.807) is 0 Å². The molecule has 0 radical (unpaired) electrons. The third-order valence-electron chi connectivity index (χ3n) is 4.02. The third-order valence-corrected chi connectivity index (χ3v) is 5.32. The third kappa shape index (κ3) is 4.21. The number of hydrogen-bond acceptors (Lipinski definition) is 3. The van der Waals surface area contributed by atoms with Gasteiger partial charge in [0.2, 0.25) is 10.0 Å². The summed E-state index contributed by atoms with van der Waals surface area (Å²) in [5.41, 5.74) is 2.78. The van der Waals surface area contributed by atoms with Crippen LogP contribution in [0.2, 0.25) is 0 Å². The van der Waals surface area contributed by atoms with E-state index in [-0.39, 0.29) is 5.75 Å². The van der Waals surface area contributed by atoms with Crippen molar-refractivity contribution < 1.29 is 8.42 Å². The molecule has 2 rings (SSSR count). The Balaban J connectivity index is 1.94. The highest BCUT2D eigenvalue weighted by Gasteiger charge is 2.18. The van der Waals surface area contributed by atoms with Crippen molar-refractivity contribution in [2.75, 3.05) is 17.0 Å². The number of piperidine rings is 1. The Morgan fingerprint density at radius 2 is 2.10 bits per heavy atom. The molecule has 1 unspecified atom stereocenters. The zero-order valence-electron chi connectivity index (χ0n) is 12.3. The number of benzene rings is 1. The van der Waals surface area contributed by atoms with Gasteiger partial charge in [0.25, 0.3) is 0 Å². The van der Waals surface area contributed by atoms with Crippen LogP contribution in [0.1, 0.15) is 36.8 Å². The molecule has 0 spiro atoms. The minimum atomic E-state index is -3.26. The first-order valence-electron chi connectivity index (χ1n) is 7.28. The molecule has 1 aliphatic rings. The van der Waals surface area contributed by atoms with Crippen molar-refractivity contribution in [1.82, 2.24) is 5.32 Å². The van der Waals surface area contributed by atoms with E-state index in [4.69, 9.17) is 0 Å². The van der Waals surface area contributed by atoms with Gasteiger partial charge in [-0.05, 0) is 56.8 Å². The Morgan fingerprint density at radius 3 is 2.80 bits per heavy atom. The van der Waals surface area contributed by atoms with Crippen LogP contribution in [0.3, 0.4) is 0 Å². The minimum absolute atomic E-state index is 0.179. The quantitative estimate of drug-likeness (QED) is 0.878. The van der Waals surface area contributed by atoms with Gasteiger partial charge in [-0.25, -0.2) is 8.42 Å². The summed E-state index contributed by atoms with van der Waals surface area (Å²) in [4.78, 5) is 0. The zero-order valence-corrected chi connectivity index (χ0v) is 13.1. The molecule has 0 amide bonds. The molecule has 2 N–H and O–H groups in total. The molecule has 1 fully saturated rings. The van der Waals surface area contributed by atoms with E-state index in [1.165, 1.54) is 12.8 Å². The minimum Gasteiger partial charge on any atom is -0.314 e. The lowest BCUT2D eigenvalue weighted by Crippen LogP contribution is -2.36. The van der Waals surface area contributed by atoms with Gasteiger partial charge in [-0.15, -0.1) is 0 Å². The van der Waals surface area contributed by atoms with Gasteiger partial charge in [0.1, 0.15) is 0 Å². The highest BCUT2D eigenvalue weighted by molar-refractivity contribution is 7.92. The smallest absolute Gasteiger partial charge is 0.232 e. The second-order valence-electron chi connectivity index (χ2n) is 5.60. The van der Waals surface area contributed by atoms with Crippen molar-refractivity contribution in [2.24, 2.45) is 0 Å². The Labute approximate surface area is 122 Å². The molecule has 1 aromatic rings. The number of anilines is 1. The number of sulfonamides is 1. The fourth-order valence-corrected chi connectivity index (χ4v) is 3.80. The highest BCUT2D eigenvalue weighted by Crippen LogP contribution is 2.20. The largest absolute Gasteiger partial charge is 0.314 e. The maximum absolute atomic E-state index is 12.2. The predicted molar refractivity (Wildman–Crippen MR) is 83.6 cm³/mol. The van der Waals surface area contributed by atoms with Crippen LogP contribution in [0.5, 0.6) is 0 Å². The molecule has 5 heteroatoms. The van der Waals surface area contributed by atoms with Crippen molar-refractivity contribution in [1.29, 1.82) is 0 Å². The Kier molecular flexibility index (Phi) is 5.05. The van der Waals surface area contributed by atoms with E-state index in [9.17, 15) is 8.42 Å². The first-order chi connectivity index (χ1) is 9.48. The second-order valence-corrected chi connectivity index (χ2v) is 7.45. The van der Waals surface area contributed by atoms with Crippen molar-refractivity contribution in [3.05, 3.63) is 29.3 Å². The first kappa shape index (κ1) is 15.3. The van der Waals surface area contributed by atoms with E-state index in [0.29, 0.717) is 18.2 Å². The standard InChI is InChI=1S/C15H24N2O2S/c1-12-6-5-8-15(13(12)2)17-20(18,19)11-9-14-7-3-4-10-16-14/h5-6,8,14,16-17H,3-4,7,9-11H2,1-2H3. The van der Waals surface area contributed by atoms with Gasteiger partial charge in [-0.2, -0.15) is 0 Å². The lowest BCUT2D eigenvalue weighted by molar-refractivity contribution is 0.393. The Morgan fingerprint density at radius 1 is 1.30 bits per heavy atom. The van der Waals surface area contributed by atoms with Crippen LogP contribution in [-0.4, -0.2) is 26.8 Å². The molecule has 1 aliphatic heterocycles. The molecule has 1 atom stereocenters. The zero-order chi connectivity index (χ0) is 14.6. The topological polar surface area (TPSA) is 58.2 Å². The van der Waals surface area contributed by atoms with Gasteiger partial charge in [-0.1, -0.05) is 18.6 Å². The lowest BCUT2D eigenvalue weighted by Gasteiger charge is -2.23. The van der Waals surface area contributed by atoms with Gasteiger partial charge in [0, 0.05) is 6.04 Å². The van der Waals surface area contributed by atoms with E-state index < -0.39 is 10.0 Å². The second kappa shape index (κ2) is 6.59. The van der Waals surface area contributed by atoms with Crippen molar-refractivity contribution >= 4 is 15.7 Å². The molecule has 0 bridgehead atoms. The van der Waals surface area contributed by atoms with E-state index in [0.717, 1.165) is 24.1 Å². The molecule has 0 saturated carbocycles. The lowest BCUT2D eigenvalue weighted by atomic mass is 10.0. The van der Waals surface area contributed by atoms with Crippen molar-refractivity contribution in [2.45, 2.75) is 45.6 Å². The van der Waals surface area contributed by atoms with Gasteiger partial charge in [0.05, 0.1) is 11.4 Å². The Bertz CT molecular complexity index is 549. The average Bonchev–Trinajstić information content (AvgIpc) is 2.43. The average molecular weight is 296 g/mol. The first-order valence-corrected chi connectivity index (χ1v) is 8.93. The molecule has 4 nitrogen and oxygen atoms in total. The highest BCUT2D eigenvalue weighted by atomic mass is 32.2. The predicted octanol–water partition coefficient (Wildman–Crippen LogP) is 2.58. The van der Waals surface area contributed by atoms with Crippen LogP contribution >= 0.6 is 0 Å². The number of hydrogen-bond donors (Lipinski definition) is 2. The fourth-order valence-electron chi connectivity index (χ4n) is 2.55. The van der Waals surface area contributed by atoms with Gasteiger partial charge in [0.15, 0.2) is 0 Å². The van der Waals surface area contributed by atoms with Crippen LogP contribution in [0, 0.1) is 13.8 Å². The summed E-state index contributed by atoms with van der Waals surface area (Å²) in [6, 6.07) is 6.03. The van der Waals surface area contributed by atoms with Crippen LogP contribution in [0.15, 0.2) is 18.2 Å². The number of nitrogens with one attached hydrogen (secondary N) is 2. The maximum atomic E-state index is 12.2. The molecule has 0 aromatic heterocycles. The summed E-state index contributed by atoms with van der Waals surface area (Å²) in [5, 5.41) is 3.38. The van der Waals surface area contributed by atoms with Crippen LogP contribution in [0.4, 0.5) is 5.69 Å². The van der Waals surface area contributed by atoms with Crippen LogP contribution in [0.25, 0.3) is 0 Å². The Hall–Kier alpha value is -1.07. The molecule has 1 saturated heterocycles. The SMILES string of the molecule is Cc1cccc(NS(=O)(=O)CCC2CCCCN2)c1C. The van der Waals surface area contributed by atoms with Crippen molar-refractivity contribution in [3.8, 4) is 0 Å². The van der Waals surface area contributed by atoms with Gasteiger partial charge < -0.3 is 5.32 Å². The fraction of sp³-hybridized carbons (Fsp3) is 0.600. The monoisotopic (exact) mass is 296 g/mol. The summed E-state index contributed by atoms with van der Waals surface area (Å²) in [6.07, 6.45) is 4.16.